The van der Waals surface area contributed by atoms with Crippen LogP contribution in [-0.4, -0.2) is 22.8 Å². The van der Waals surface area contributed by atoms with Crippen LogP contribution in [0.2, 0.25) is 0 Å². The maximum atomic E-state index is 5.64. The van der Waals surface area contributed by atoms with Gasteiger partial charge in [0.1, 0.15) is 23.0 Å². The van der Waals surface area contributed by atoms with E-state index in [0.717, 1.165) is 45.8 Å². The SMILES string of the molecule is COC1=CC(c2ccc[nH]2)=NC1=Cc1ccc(-c2ccc(C)o2)[nH]1. The average Bonchev–Trinajstić information content (AvgIpc) is 3.34. The monoisotopic (exact) mass is 319 g/mol. The average molecular weight is 319 g/mol. The molecule has 4 rings (SSSR count). The minimum Gasteiger partial charge on any atom is -0.494 e. The number of aromatic amines is 2. The number of aliphatic imine (C=N–C) groups is 1. The Morgan fingerprint density at radius 2 is 2.04 bits per heavy atom. The van der Waals surface area contributed by atoms with Crippen LogP contribution in [0.3, 0.4) is 0 Å². The summed E-state index contributed by atoms with van der Waals surface area (Å²) in [7, 11) is 1.65. The predicted octanol–water partition coefficient (Wildman–Crippen LogP) is 4.29. The summed E-state index contributed by atoms with van der Waals surface area (Å²) in [4.78, 5) is 11.1. The lowest BCUT2D eigenvalue weighted by atomic mass is 10.2. The number of H-pyrrole nitrogens is 2. The highest BCUT2D eigenvalue weighted by Gasteiger charge is 2.17. The lowest BCUT2D eigenvalue weighted by Gasteiger charge is -2.00. The second-order valence-electron chi connectivity index (χ2n) is 5.56. The van der Waals surface area contributed by atoms with Crippen LogP contribution in [0.15, 0.2) is 69.5 Å². The smallest absolute Gasteiger partial charge is 0.150 e. The molecule has 5 nitrogen and oxygen atoms in total. The van der Waals surface area contributed by atoms with Crippen LogP contribution in [0.25, 0.3) is 17.5 Å². The third kappa shape index (κ3) is 2.60. The Morgan fingerprint density at radius 1 is 1.12 bits per heavy atom. The van der Waals surface area contributed by atoms with Crippen molar-refractivity contribution in [2.75, 3.05) is 7.11 Å². The molecule has 0 atom stereocenters. The molecule has 0 bridgehead atoms. The number of hydrogen-bond donors (Lipinski definition) is 2. The fourth-order valence-corrected chi connectivity index (χ4v) is 2.68. The molecular weight excluding hydrogens is 302 g/mol. The first-order valence-electron chi connectivity index (χ1n) is 7.69. The van der Waals surface area contributed by atoms with Gasteiger partial charge in [-0.25, -0.2) is 4.99 Å². The lowest BCUT2D eigenvalue weighted by Crippen LogP contribution is -1.93. The molecule has 0 aromatic carbocycles. The van der Waals surface area contributed by atoms with Gasteiger partial charge in [0.15, 0.2) is 0 Å². The molecular formula is C19H17N3O2. The van der Waals surface area contributed by atoms with Gasteiger partial charge < -0.3 is 19.1 Å². The molecule has 0 aliphatic carbocycles. The quantitative estimate of drug-likeness (QED) is 0.753. The number of allylic oxidation sites excluding steroid dienone is 1. The molecule has 4 heterocycles. The van der Waals surface area contributed by atoms with Crippen molar-refractivity contribution in [3.05, 3.63) is 77.3 Å². The maximum absolute atomic E-state index is 5.64. The largest absolute Gasteiger partial charge is 0.494 e. The van der Waals surface area contributed by atoms with Gasteiger partial charge in [-0.05, 0) is 49.4 Å². The van der Waals surface area contributed by atoms with Crippen molar-refractivity contribution in [1.29, 1.82) is 0 Å². The fourth-order valence-electron chi connectivity index (χ4n) is 2.68. The van der Waals surface area contributed by atoms with E-state index < -0.39 is 0 Å². The number of ether oxygens (including phenoxy) is 1. The molecule has 3 aromatic heterocycles. The molecule has 24 heavy (non-hydrogen) atoms. The Kier molecular flexibility index (Phi) is 3.46. The highest BCUT2D eigenvalue weighted by molar-refractivity contribution is 6.11. The molecule has 2 N–H and O–H groups in total. The molecule has 0 saturated carbocycles. The number of methoxy groups -OCH3 is 1. The summed E-state index contributed by atoms with van der Waals surface area (Å²) in [5, 5.41) is 0. The van der Waals surface area contributed by atoms with Crippen LogP contribution >= 0.6 is 0 Å². The van der Waals surface area contributed by atoms with Crippen molar-refractivity contribution >= 4 is 11.8 Å². The molecule has 0 amide bonds. The van der Waals surface area contributed by atoms with Crippen molar-refractivity contribution in [3.63, 3.8) is 0 Å². The van der Waals surface area contributed by atoms with Crippen LogP contribution in [0, 0.1) is 6.92 Å². The molecule has 1 aliphatic heterocycles. The third-order valence-corrected chi connectivity index (χ3v) is 3.86. The summed E-state index contributed by atoms with van der Waals surface area (Å²) in [5.74, 6) is 2.45. The van der Waals surface area contributed by atoms with Gasteiger partial charge in [0.25, 0.3) is 0 Å². The van der Waals surface area contributed by atoms with E-state index in [1.54, 1.807) is 7.11 Å². The second kappa shape index (κ2) is 5.77. The molecule has 0 spiro atoms. The molecule has 0 radical (unpaired) electrons. The van der Waals surface area contributed by atoms with E-state index in [4.69, 9.17) is 9.15 Å². The first-order chi connectivity index (χ1) is 11.7. The zero-order valence-electron chi connectivity index (χ0n) is 13.5. The standard InChI is InChI=1S/C19H17N3O2/c1-12-5-8-18(24-12)15-7-6-13(21-15)10-17-19(23-2)11-16(22-17)14-4-3-9-20-14/h3-11,20-21H,1-2H3. The summed E-state index contributed by atoms with van der Waals surface area (Å²) in [6.45, 7) is 1.93. The minimum absolute atomic E-state index is 0.740. The van der Waals surface area contributed by atoms with E-state index in [9.17, 15) is 0 Å². The van der Waals surface area contributed by atoms with Gasteiger partial charge in [-0.1, -0.05) is 0 Å². The normalized spacial score (nSPS) is 15.7. The van der Waals surface area contributed by atoms with Gasteiger partial charge in [-0.15, -0.1) is 0 Å². The van der Waals surface area contributed by atoms with Crippen LogP contribution in [0.1, 0.15) is 17.1 Å². The number of nitrogens with one attached hydrogen (secondary N) is 2. The summed E-state index contributed by atoms with van der Waals surface area (Å²) in [6.07, 6.45) is 5.77. The molecule has 0 unspecified atom stereocenters. The van der Waals surface area contributed by atoms with Gasteiger partial charge in [-0.3, -0.25) is 0 Å². The third-order valence-electron chi connectivity index (χ3n) is 3.86. The Morgan fingerprint density at radius 3 is 2.75 bits per heavy atom. The molecule has 120 valence electrons. The van der Waals surface area contributed by atoms with Gasteiger partial charge in [-0.2, -0.15) is 0 Å². The molecule has 5 heteroatoms. The number of aromatic nitrogens is 2. The van der Waals surface area contributed by atoms with Gasteiger partial charge >= 0.3 is 0 Å². The highest BCUT2D eigenvalue weighted by atomic mass is 16.5. The topological polar surface area (TPSA) is 66.3 Å². The van der Waals surface area contributed by atoms with Crippen molar-refractivity contribution in [1.82, 2.24) is 9.97 Å². The summed E-state index contributed by atoms with van der Waals surface area (Å²) in [6, 6.07) is 11.8. The fraction of sp³-hybridized carbons (Fsp3) is 0.105. The van der Waals surface area contributed by atoms with E-state index in [1.165, 1.54) is 0 Å². The van der Waals surface area contributed by atoms with Crippen LogP contribution < -0.4 is 0 Å². The molecule has 0 fully saturated rings. The first-order valence-corrected chi connectivity index (χ1v) is 7.69. The van der Waals surface area contributed by atoms with Crippen LogP contribution in [-0.2, 0) is 4.74 Å². The van der Waals surface area contributed by atoms with Crippen LogP contribution in [0.5, 0.6) is 0 Å². The Balaban J connectivity index is 1.65. The van der Waals surface area contributed by atoms with E-state index in [-0.39, 0.29) is 0 Å². The maximum Gasteiger partial charge on any atom is 0.150 e. The van der Waals surface area contributed by atoms with E-state index in [0.29, 0.717) is 0 Å². The number of furan rings is 1. The minimum atomic E-state index is 0.740. The number of nitrogens with zero attached hydrogens (tertiary/aromatic N) is 1. The van der Waals surface area contributed by atoms with Crippen molar-refractivity contribution in [2.24, 2.45) is 4.99 Å². The molecule has 1 aliphatic rings. The van der Waals surface area contributed by atoms with Crippen molar-refractivity contribution in [3.8, 4) is 11.5 Å². The van der Waals surface area contributed by atoms with Gasteiger partial charge in [0.2, 0.25) is 0 Å². The lowest BCUT2D eigenvalue weighted by molar-refractivity contribution is 0.303. The Labute approximate surface area is 139 Å². The van der Waals surface area contributed by atoms with E-state index in [1.807, 2.05) is 61.7 Å². The molecule has 3 aromatic rings. The molecule has 0 saturated heterocycles. The van der Waals surface area contributed by atoms with Crippen molar-refractivity contribution in [2.45, 2.75) is 6.92 Å². The number of rotatable bonds is 4. The van der Waals surface area contributed by atoms with E-state index in [2.05, 4.69) is 15.0 Å². The van der Waals surface area contributed by atoms with Crippen molar-refractivity contribution < 1.29 is 9.15 Å². The van der Waals surface area contributed by atoms with Gasteiger partial charge in [0.05, 0.1) is 24.2 Å². The number of aryl methyl sites for hydroxylation is 1. The van der Waals surface area contributed by atoms with E-state index >= 15 is 0 Å². The predicted molar refractivity (Wildman–Crippen MR) is 93.6 cm³/mol. The summed E-state index contributed by atoms with van der Waals surface area (Å²) in [5.41, 5.74) is 4.48. The zero-order chi connectivity index (χ0) is 16.5. The van der Waals surface area contributed by atoms with Gasteiger partial charge in [0, 0.05) is 18.0 Å². The highest BCUT2D eigenvalue weighted by Crippen LogP contribution is 2.26. The van der Waals surface area contributed by atoms with Crippen LogP contribution in [0.4, 0.5) is 0 Å². The summed E-state index contributed by atoms with van der Waals surface area (Å²) < 4.78 is 11.1. The summed E-state index contributed by atoms with van der Waals surface area (Å²) >= 11 is 0. The zero-order valence-corrected chi connectivity index (χ0v) is 13.5. The Bertz CT molecular complexity index is 953. The second-order valence-corrected chi connectivity index (χ2v) is 5.56. The number of hydrogen-bond acceptors (Lipinski definition) is 3. The Hall–Kier alpha value is -3.21. The first kappa shape index (κ1) is 14.4.